The number of hydrogen-bond donors (Lipinski definition) is 1. The number of benzene rings is 2. The summed E-state index contributed by atoms with van der Waals surface area (Å²) in [6.07, 6.45) is 1.22. The zero-order valence-corrected chi connectivity index (χ0v) is 20.4. The van der Waals surface area contributed by atoms with E-state index in [1.165, 1.54) is 11.8 Å². The Morgan fingerprint density at radius 1 is 0.969 bits per heavy atom. The number of rotatable bonds is 5. The van der Waals surface area contributed by atoms with E-state index >= 15 is 0 Å². The summed E-state index contributed by atoms with van der Waals surface area (Å²) >= 11 is 1.56. The number of nitrogens with zero attached hydrogens (tertiary/aromatic N) is 2. The van der Waals surface area contributed by atoms with Gasteiger partial charge in [-0.1, -0.05) is 24.3 Å². The first-order chi connectivity index (χ1) is 14.9. The summed E-state index contributed by atoms with van der Waals surface area (Å²) in [4.78, 5) is 2.24. The molecule has 4 aromatic rings. The molecule has 1 N–H and O–H groups in total. The molecule has 5 nitrogen and oxygen atoms in total. The third kappa shape index (κ3) is 4.28. The second-order valence-electron chi connectivity index (χ2n) is 8.57. The molecule has 0 radical (unpaired) electrons. The van der Waals surface area contributed by atoms with Crippen molar-refractivity contribution < 1.29 is 13.5 Å². The van der Waals surface area contributed by atoms with E-state index in [4.69, 9.17) is 5.10 Å². The van der Waals surface area contributed by atoms with Gasteiger partial charge >= 0.3 is 0 Å². The summed E-state index contributed by atoms with van der Waals surface area (Å²) in [6, 6.07) is 19.0. The predicted molar refractivity (Wildman–Crippen MR) is 130 cm³/mol. The van der Waals surface area contributed by atoms with E-state index in [1.54, 1.807) is 43.4 Å². The van der Waals surface area contributed by atoms with Crippen molar-refractivity contribution in [2.45, 2.75) is 38.2 Å². The fourth-order valence-corrected chi connectivity index (χ4v) is 5.19. The Labute approximate surface area is 192 Å². The van der Waals surface area contributed by atoms with Crippen LogP contribution in [0.4, 0.5) is 0 Å². The molecule has 0 aliphatic carbocycles. The van der Waals surface area contributed by atoms with E-state index in [9.17, 15) is 13.5 Å². The van der Waals surface area contributed by atoms with Gasteiger partial charge in [-0.15, -0.1) is 11.3 Å². The van der Waals surface area contributed by atoms with Crippen LogP contribution in [0.1, 0.15) is 30.7 Å². The molecule has 0 fully saturated rings. The summed E-state index contributed by atoms with van der Waals surface area (Å²) in [5.74, 6) is 0. The molecule has 32 heavy (non-hydrogen) atoms. The molecule has 2 heterocycles. The van der Waals surface area contributed by atoms with Crippen LogP contribution in [0.2, 0.25) is 0 Å². The van der Waals surface area contributed by atoms with Gasteiger partial charge in [0.25, 0.3) is 0 Å². The fraction of sp³-hybridized carbons (Fsp3) is 0.240. The number of thiophene rings is 1. The lowest BCUT2D eigenvalue weighted by atomic mass is 10.1. The Morgan fingerprint density at radius 3 is 2.34 bits per heavy atom. The molecule has 166 valence electrons. The number of hydrogen-bond acceptors (Lipinski definition) is 5. The van der Waals surface area contributed by atoms with Crippen molar-refractivity contribution in [3.05, 3.63) is 77.5 Å². The van der Waals surface area contributed by atoms with E-state index in [1.807, 2.05) is 41.1 Å². The number of aliphatic hydroxyl groups is 1. The van der Waals surface area contributed by atoms with Crippen LogP contribution in [0.3, 0.4) is 0 Å². The lowest BCUT2D eigenvalue weighted by Crippen LogP contribution is -2.16. The lowest BCUT2D eigenvalue weighted by molar-refractivity contribution is 0.0734. The van der Waals surface area contributed by atoms with Gasteiger partial charge < -0.3 is 5.11 Å². The van der Waals surface area contributed by atoms with E-state index in [0.717, 1.165) is 32.3 Å². The summed E-state index contributed by atoms with van der Waals surface area (Å²) in [6.45, 7) is 7.58. The molecule has 0 saturated heterocycles. The van der Waals surface area contributed by atoms with Crippen molar-refractivity contribution in [3.8, 4) is 26.7 Å². The Kier molecular flexibility index (Phi) is 5.61. The highest BCUT2D eigenvalue weighted by atomic mass is 32.2. The summed E-state index contributed by atoms with van der Waals surface area (Å²) in [7, 11) is -3.28. The summed E-state index contributed by atoms with van der Waals surface area (Å²) < 4.78 is 25.8. The molecule has 0 saturated carbocycles. The first-order valence-electron chi connectivity index (χ1n) is 10.3. The average molecular weight is 467 g/mol. The van der Waals surface area contributed by atoms with Crippen molar-refractivity contribution in [2.75, 3.05) is 6.26 Å². The van der Waals surface area contributed by atoms with Crippen molar-refractivity contribution in [3.63, 3.8) is 0 Å². The van der Waals surface area contributed by atoms with Crippen LogP contribution in [0.25, 0.3) is 26.7 Å². The molecule has 2 aromatic carbocycles. The SMILES string of the molecule is Cc1cccc(-n2nc(C(C)(C)O)cc2-c2ccc(-c3cccc(S(C)(=O)=O)c3)s2)c1C. The van der Waals surface area contributed by atoms with Gasteiger partial charge in [0, 0.05) is 11.1 Å². The van der Waals surface area contributed by atoms with Crippen LogP contribution < -0.4 is 0 Å². The molecule has 0 bridgehead atoms. The van der Waals surface area contributed by atoms with Gasteiger partial charge in [-0.05, 0) is 80.8 Å². The molecule has 7 heteroatoms. The van der Waals surface area contributed by atoms with Crippen LogP contribution in [-0.2, 0) is 15.4 Å². The first kappa shape index (κ1) is 22.5. The van der Waals surface area contributed by atoms with Crippen LogP contribution in [-0.4, -0.2) is 29.6 Å². The quantitative estimate of drug-likeness (QED) is 0.421. The molecule has 0 unspecified atom stereocenters. The molecule has 0 atom stereocenters. The van der Waals surface area contributed by atoms with E-state index < -0.39 is 15.4 Å². The summed E-state index contributed by atoms with van der Waals surface area (Å²) in [5.41, 5.74) is 4.49. The van der Waals surface area contributed by atoms with Gasteiger partial charge in [0.15, 0.2) is 9.84 Å². The van der Waals surface area contributed by atoms with Crippen LogP contribution >= 0.6 is 11.3 Å². The number of aryl methyl sites for hydroxylation is 1. The average Bonchev–Trinajstić information content (AvgIpc) is 3.36. The molecular formula is C25H26N2O3S2. The van der Waals surface area contributed by atoms with Gasteiger partial charge in [-0.2, -0.15) is 5.10 Å². The molecule has 0 aliphatic rings. The van der Waals surface area contributed by atoms with Crippen molar-refractivity contribution in [1.82, 2.24) is 9.78 Å². The smallest absolute Gasteiger partial charge is 0.175 e. The van der Waals surface area contributed by atoms with E-state index in [2.05, 4.69) is 19.9 Å². The van der Waals surface area contributed by atoms with Crippen LogP contribution in [0.15, 0.2) is 65.6 Å². The number of sulfone groups is 1. The second-order valence-corrected chi connectivity index (χ2v) is 11.7. The molecular weight excluding hydrogens is 440 g/mol. The Bertz CT molecular complexity index is 1410. The van der Waals surface area contributed by atoms with Crippen LogP contribution in [0, 0.1) is 13.8 Å². The van der Waals surface area contributed by atoms with Gasteiger partial charge in [-0.3, -0.25) is 0 Å². The molecule has 0 amide bonds. The first-order valence-corrected chi connectivity index (χ1v) is 13.0. The van der Waals surface area contributed by atoms with Crippen molar-refractivity contribution in [1.29, 1.82) is 0 Å². The Balaban J connectivity index is 1.86. The Morgan fingerprint density at radius 2 is 1.66 bits per heavy atom. The Hall–Kier alpha value is -2.74. The summed E-state index contributed by atoms with van der Waals surface area (Å²) in [5, 5.41) is 15.4. The second kappa shape index (κ2) is 7.99. The fourth-order valence-electron chi connectivity index (χ4n) is 3.51. The highest BCUT2D eigenvalue weighted by molar-refractivity contribution is 7.90. The highest BCUT2D eigenvalue weighted by Gasteiger charge is 2.24. The van der Waals surface area contributed by atoms with Gasteiger partial charge in [-0.25, -0.2) is 13.1 Å². The standard InChI is InChI=1S/C25H26N2O3S2/c1-16-8-6-11-20(17(16)2)27-21(15-24(26-27)25(3,4)28)23-13-12-22(31-23)18-9-7-10-19(14-18)32(5,29)30/h6-15,28H,1-5H3. The van der Waals surface area contributed by atoms with E-state index in [0.29, 0.717) is 10.6 Å². The minimum atomic E-state index is -3.28. The van der Waals surface area contributed by atoms with E-state index in [-0.39, 0.29) is 0 Å². The molecule has 0 aliphatic heterocycles. The maximum atomic E-state index is 12.0. The minimum absolute atomic E-state index is 0.301. The van der Waals surface area contributed by atoms with Gasteiger partial charge in [0.05, 0.1) is 26.8 Å². The number of aromatic nitrogens is 2. The minimum Gasteiger partial charge on any atom is -0.384 e. The maximum absolute atomic E-state index is 12.0. The van der Waals surface area contributed by atoms with Crippen molar-refractivity contribution in [2.24, 2.45) is 0 Å². The normalized spacial score (nSPS) is 12.3. The molecule has 0 spiro atoms. The highest BCUT2D eigenvalue weighted by Crippen LogP contribution is 2.38. The van der Waals surface area contributed by atoms with Gasteiger partial charge in [0.1, 0.15) is 5.60 Å². The third-order valence-corrected chi connectivity index (χ3v) is 7.81. The molecule has 2 aromatic heterocycles. The third-order valence-electron chi connectivity index (χ3n) is 5.55. The zero-order chi connectivity index (χ0) is 23.3. The largest absolute Gasteiger partial charge is 0.384 e. The zero-order valence-electron chi connectivity index (χ0n) is 18.7. The van der Waals surface area contributed by atoms with Crippen molar-refractivity contribution >= 4 is 21.2 Å². The van der Waals surface area contributed by atoms with Gasteiger partial charge in [0.2, 0.25) is 0 Å². The predicted octanol–water partition coefficient (Wildman–Crippen LogP) is 5.52. The monoisotopic (exact) mass is 466 g/mol. The van der Waals surface area contributed by atoms with Crippen LogP contribution in [0.5, 0.6) is 0 Å². The topological polar surface area (TPSA) is 72.2 Å². The lowest BCUT2D eigenvalue weighted by Gasteiger charge is -2.14. The maximum Gasteiger partial charge on any atom is 0.175 e. The molecule has 4 rings (SSSR count).